The summed E-state index contributed by atoms with van der Waals surface area (Å²) >= 11 is 3.40. The van der Waals surface area contributed by atoms with Gasteiger partial charge in [0.25, 0.3) is 0 Å². The molecular formula is C10H18BrN5. The minimum atomic E-state index is 0.358. The first kappa shape index (κ1) is 13.2. The summed E-state index contributed by atoms with van der Waals surface area (Å²) in [6.07, 6.45) is 2.76. The molecule has 0 spiro atoms. The summed E-state index contributed by atoms with van der Waals surface area (Å²) in [5.74, 6) is 7.08. The molecule has 90 valence electrons. The fourth-order valence-corrected chi connectivity index (χ4v) is 1.84. The molecule has 0 aliphatic heterocycles. The van der Waals surface area contributed by atoms with Gasteiger partial charge in [-0.25, -0.2) is 10.8 Å². The van der Waals surface area contributed by atoms with Crippen molar-refractivity contribution in [1.29, 1.82) is 0 Å². The number of anilines is 2. The fraction of sp³-hybridized carbons (Fsp3) is 0.600. The lowest BCUT2D eigenvalue weighted by atomic mass is 10.1. The van der Waals surface area contributed by atoms with E-state index < -0.39 is 0 Å². The van der Waals surface area contributed by atoms with Gasteiger partial charge in [0.1, 0.15) is 5.82 Å². The van der Waals surface area contributed by atoms with Crippen LogP contribution in [-0.4, -0.2) is 16.0 Å². The van der Waals surface area contributed by atoms with Crippen molar-refractivity contribution < 1.29 is 0 Å². The first-order valence-corrected chi connectivity index (χ1v) is 6.08. The fourth-order valence-electron chi connectivity index (χ4n) is 1.54. The number of nitrogens with zero attached hydrogens (tertiary/aromatic N) is 2. The van der Waals surface area contributed by atoms with Crippen molar-refractivity contribution in [3.8, 4) is 0 Å². The van der Waals surface area contributed by atoms with E-state index in [9.17, 15) is 0 Å². The van der Waals surface area contributed by atoms with Gasteiger partial charge in [-0.3, -0.25) is 5.43 Å². The highest BCUT2D eigenvalue weighted by Gasteiger charge is 2.09. The molecule has 6 heteroatoms. The second kappa shape index (κ2) is 6.00. The van der Waals surface area contributed by atoms with E-state index in [1.807, 2.05) is 0 Å². The van der Waals surface area contributed by atoms with Gasteiger partial charge in [0.2, 0.25) is 5.95 Å². The number of rotatable bonds is 5. The van der Waals surface area contributed by atoms with Crippen molar-refractivity contribution in [3.63, 3.8) is 0 Å². The molecule has 1 aromatic heterocycles. The van der Waals surface area contributed by atoms with E-state index in [2.05, 4.69) is 57.4 Å². The number of hydrogen-bond acceptors (Lipinski definition) is 5. The van der Waals surface area contributed by atoms with E-state index in [1.165, 1.54) is 0 Å². The molecule has 16 heavy (non-hydrogen) atoms. The lowest BCUT2D eigenvalue weighted by Crippen LogP contribution is -2.19. The number of hydrogen-bond donors (Lipinski definition) is 3. The van der Waals surface area contributed by atoms with Crippen molar-refractivity contribution in [3.05, 3.63) is 10.7 Å². The van der Waals surface area contributed by atoms with E-state index in [1.54, 1.807) is 6.20 Å². The second-order valence-electron chi connectivity index (χ2n) is 4.21. The first-order valence-electron chi connectivity index (χ1n) is 5.28. The zero-order valence-electron chi connectivity index (χ0n) is 9.79. The van der Waals surface area contributed by atoms with Crippen molar-refractivity contribution in [1.82, 2.24) is 9.97 Å². The minimum Gasteiger partial charge on any atom is -0.367 e. The van der Waals surface area contributed by atoms with Crippen LogP contribution in [0.3, 0.4) is 0 Å². The molecule has 4 N–H and O–H groups in total. The molecule has 1 unspecified atom stereocenters. The molecule has 1 atom stereocenters. The van der Waals surface area contributed by atoms with Gasteiger partial charge in [0.15, 0.2) is 0 Å². The molecule has 0 radical (unpaired) electrons. The first-order chi connectivity index (χ1) is 7.52. The Balaban J connectivity index is 2.71. The zero-order valence-corrected chi connectivity index (χ0v) is 11.4. The smallest absolute Gasteiger partial charge is 0.239 e. The summed E-state index contributed by atoms with van der Waals surface area (Å²) in [6, 6.07) is 0.358. The van der Waals surface area contributed by atoms with Crippen LogP contribution in [0.25, 0.3) is 0 Å². The highest BCUT2D eigenvalue weighted by atomic mass is 79.9. The standard InChI is InChI=1S/C10H18BrN5/c1-6(2)4-7(3)14-9-8(11)5-13-10(15-9)16-12/h5-7H,4,12H2,1-3H3,(H2,13,14,15,16). The normalized spacial score (nSPS) is 12.6. The predicted octanol–water partition coefficient (Wildman–Crippen LogP) is 2.37. The van der Waals surface area contributed by atoms with Crippen LogP contribution in [0, 0.1) is 5.92 Å². The third-order valence-corrected chi connectivity index (χ3v) is 2.66. The van der Waals surface area contributed by atoms with E-state index in [0.29, 0.717) is 17.9 Å². The monoisotopic (exact) mass is 287 g/mol. The van der Waals surface area contributed by atoms with Crippen LogP contribution in [0.5, 0.6) is 0 Å². The number of halogens is 1. The molecule has 0 saturated heterocycles. The summed E-state index contributed by atoms with van der Waals surface area (Å²) < 4.78 is 0.835. The van der Waals surface area contributed by atoms with Crippen molar-refractivity contribution >= 4 is 27.7 Å². The Kier molecular flexibility index (Phi) is 4.95. The van der Waals surface area contributed by atoms with Crippen LogP contribution in [0.4, 0.5) is 11.8 Å². The molecule has 1 aromatic rings. The third-order valence-electron chi connectivity index (χ3n) is 2.08. The summed E-state index contributed by atoms with van der Waals surface area (Å²) in [4.78, 5) is 8.22. The summed E-state index contributed by atoms with van der Waals surface area (Å²) in [5, 5.41) is 3.32. The van der Waals surface area contributed by atoms with Crippen LogP contribution in [0.15, 0.2) is 10.7 Å². The highest BCUT2D eigenvalue weighted by molar-refractivity contribution is 9.10. The molecule has 0 amide bonds. The van der Waals surface area contributed by atoms with Gasteiger partial charge in [-0.1, -0.05) is 13.8 Å². The average molecular weight is 288 g/mol. The maximum atomic E-state index is 5.26. The maximum absolute atomic E-state index is 5.26. The zero-order chi connectivity index (χ0) is 12.1. The van der Waals surface area contributed by atoms with Crippen LogP contribution < -0.4 is 16.6 Å². The van der Waals surface area contributed by atoms with Gasteiger partial charge in [0, 0.05) is 12.2 Å². The highest BCUT2D eigenvalue weighted by Crippen LogP contribution is 2.21. The number of hydrazine groups is 1. The van der Waals surface area contributed by atoms with Gasteiger partial charge in [0.05, 0.1) is 4.47 Å². The Morgan fingerprint density at radius 1 is 1.44 bits per heavy atom. The molecule has 0 saturated carbocycles. The predicted molar refractivity (Wildman–Crippen MR) is 70.1 cm³/mol. The molecule has 1 heterocycles. The average Bonchev–Trinajstić information content (AvgIpc) is 2.20. The van der Waals surface area contributed by atoms with Crippen LogP contribution in [0.2, 0.25) is 0 Å². The van der Waals surface area contributed by atoms with Crippen molar-refractivity contribution in [2.45, 2.75) is 33.2 Å². The number of nitrogens with two attached hydrogens (primary N) is 1. The van der Waals surface area contributed by atoms with E-state index in [-0.39, 0.29) is 0 Å². The second-order valence-corrected chi connectivity index (χ2v) is 5.06. The quantitative estimate of drug-likeness (QED) is 0.573. The molecule has 5 nitrogen and oxygen atoms in total. The van der Waals surface area contributed by atoms with Gasteiger partial charge in [-0.2, -0.15) is 4.98 Å². The Hall–Kier alpha value is -0.880. The molecule has 0 aromatic carbocycles. The van der Waals surface area contributed by atoms with Crippen molar-refractivity contribution in [2.75, 3.05) is 10.7 Å². The van der Waals surface area contributed by atoms with E-state index >= 15 is 0 Å². The van der Waals surface area contributed by atoms with Crippen LogP contribution in [0.1, 0.15) is 27.2 Å². The molecule has 0 bridgehead atoms. The van der Waals surface area contributed by atoms with Gasteiger partial charge in [-0.15, -0.1) is 0 Å². The van der Waals surface area contributed by atoms with Crippen LogP contribution >= 0.6 is 15.9 Å². The SMILES string of the molecule is CC(C)CC(C)Nc1nc(NN)ncc1Br. The van der Waals surface area contributed by atoms with Gasteiger partial charge in [-0.05, 0) is 35.2 Å². The van der Waals surface area contributed by atoms with E-state index in [4.69, 9.17) is 5.84 Å². The number of aromatic nitrogens is 2. The topological polar surface area (TPSA) is 75.9 Å². The maximum Gasteiger partial charge on any atom is 0.239 e. The summed E-state index contributed by atoms with van der Waals surface area (Å²) in [6.45, 7) is 6.52. The summed E-state index contributed by atoms with van der Waals surface area (Å²) in [5.41, 5.74) is 2.43. The Bertz CT molecular complexity index is 342. The molecule has 0 aliphatic carbocycles. The van der Waals surface area contributed by atoms with Crippen LogP contribution in [-0.2, 0) is 0 Å². The number of nitrogens with one attached hydrogen (secondary N) is 2. The lowest BCUT2D eigenvalue weighted by Gasteiger charge is -2.17. The summed E-state index contributed by atoms with van der Waals surface area (Å²) in [7, 11) is 0. The van der Waals surface area contributed by atoms with Gasteiger partial charge < -0.3 is 5.32 Å². The van der Waals surface area contributed by atoms with Gasteiger partial charge >= 0.3 is 0 Å². The molecular weight excluding hydrogens is 270 g/mol. The lowest BCUT2D eigenvalue weighted by molar-refractivity contribution is 0.538. The molecule has 0 fully saturated rings. The number of nitrogen functional groups attached to an aromatic ring is 1. The third kappa shape index (κ3) is 3.94. The Morgan fingerprint density at radius 3 is 2.69 bits per heavy atom. The largest absolute Gasteiger partial charge is 0.367 e. The van der Waals surface area contributed by atoms with E-state index in [0.717, 1.165) is 16.7 Å². The molecule has 0 aliphatic rings. The Labute approximate surface area is 104 Å². The van der Waals surface area contributed by atoms with Crippen molar-refractivity contribution in [2.24, 2.45) is 11.8 Å². The molecule has 1 rings (SSSR count). The minimum absolute atomic E-state index is 0.358. The Morgan fingerprint density at radius 2 is 2.12 bits per heavy atom.